The predicted molar refractivity (Wildman–Crippen MR) is 58.1 cm³/mol. The molecule has 13 heavy (non-hydrogen) atoms. The van der Waals surface area contributed by atoms with Crippen LogP contribution in [0, 0.1) is 17.5 Å². The molecule has 1 unspecified atom stereocenters. The highest BCUT2D eigenvalue weighted by molar-refractivity contribution is 6.18. The fraction of sp³-hybridized carbons (Fsp3) is 0.727. The van der Waals surface area contributed by atoms with Gasteiger partial charge < -0.3 is 0 Å². The standard InChI is InChI=1S/C11H19N2/c1-5-11(3,4)8-9(2)10-12-6-7-13-10/h6-7,9H,5,8H2,1-4H3/q+1. The SMILES string of the molecule is CCC(C)(C)CC(C)[C+]1N=CC=N1. The number of nitrogens with zero attached hydrogens (tertiary/aromatic N) is 2. The van der Waals surface area contributed by atoms with Gasteiger partial charge in [0.25, 0.3) is 0 Å². The molecular formula is C11H19N2+. The second kappa shape index (κ2) is 3.95. The highest BCUT2D eigenvalue weighted by atomic mass is 15.0. The third-order valence-electron chi connectivity index (χ3n) is 2.74. The summed E-state index contributed by atoms with van der Waals surface area (Å²) in [5.41, 5.74) is 0.403. The van der Waals surface area contributed by atoms with Crippen LogP contribution in [-0.2, 0) is 0 Å². The normalized spacial score (nSPS) is 18.3. The highest BCUT2D eigenvalue weighted by Crippen LogP contribution is 2.34. The first-order valence-corrected chi connectivity index (χ1v) is 4.99. The van der Waals surface area contributed by atoms with E-state index in [0.717, 1.165) is 12.6 Å². The maximum absolute atomic E-state index is 4.22. The minimum Gasteiger partial charge on any atom is -0.0965 e. The Balaban J connectivity index is 2.45. The molecule has 1 heterocycles. The topological polar surface area (TPSA) is 24.7 Å². The molecular weight excluding hydrogens is 160 g/mol. The van der Waals surface area contributed by atoms with E-state index in [1.807, 2.05) is 0 Å². The van der Waals surface area contributed by atoms with E-state index in [9.17, 15) is 0 Å². The minimum atomic E-state index is 0.403. The predicted octanol–water partition coefficient (Wildman–Crippen LogP) is 3.09. The fourth-order valence-electron chi connectivity index (χ4n) is 1.57. The van der Waals surface area contributed by atoms with E-state index in [0.29, 0.717) is 11.3 Å². The van der Waals surface area contributed by atoms with Gasteiger partial charge in [0.2, 0.25) is 6.17 Å². The maximum atomic E-state index is 4.22. The average molecular weight is 179 g/mol. The molecule has 0 N–H and O–H groups in total. The first-order chi connectivity index (χ1) is 6.05. The third kappa shape index (κ3) is 2.87. The van der Waals surface area contributed by atoms with Gasteiger partial charge in [0.1, 0.15) is 0 Å². The number of aliphatic imine (C=N–C) groups is 2. The monoisotopic (exact) mass is 179 g/mol. The Morgan fingerprint density at radius 2 is 1.85 bits per heavy atom. The van der Waals surface area contributed by atoms with Gasteiger partial charge in [0.05, 0.1) is 5.92 Å². The molecule has 0 amide bonds. The summed E-state index contributed by atoms with van der Waals surface area (Å²) in [6.45, 7) is 9.03. The summed E-state index contributed by atoms with van der Waals surface area (Å²) < 4.78 is 0. The van der Waals surface area contributed by atoms with Crippen molar-refractivity contribution in [1.82, 2.24) is 0 Å². The van der Waals surface area contributed by atoms with Gasteiger partial charge in [0.15, 0.2) is 12.4 Å². The molecule has 0 aromatic carbocycles. The van der Waals surface area contributed by atoms with Crippen molar-refractivity contribution in [3.63, 3.8) is 0 Å². The van der Waals surface area contributed by atoms with Gasteiger partial charge in [-0.15, -0.1) is 0 Å². The molecule has 0 aromatic heterocycles. The molecule has 1 aliphatic heterocycles. The number of hydrogen-bond donors (Lipinski definition) is 0. The molecule has 0 bridgehead atoms. The van der Waals surface area contributed by atoms with E-state index in [1.165, 1.54) is 6.42 Å². The van der Waals surface area contributed by atoms with Gasteiger partial charge in [-0.2, -0.15) is 0 Å². The lowest BCUT2D eigenvalue weighted by Gasteiger charge is -2.25. The van der Waals surface area contributed by atoms with E-state index in [1.54, 1.807) is 12.4 Å². The van der Waals surface area contributed by atoms with Crippen molar-refractivity contribution in [2.24, 2.45) is 21.3 Å². The van der Waals surface area contributed by atoms with Crippen molar-refractivity contribution in [3.05, 3.63) is 6.17 Å². The van der Waals surface area contributed by atoms with Crippen molar-refractivity contribution >= 4 is 12.4 Å². The molecule has 72 valence electrons. The van der Waals surface area contributed by atoms with Crippen LogP contribution in [0.5, 0.6) is 0 Å². The average Bonchev–Trinajstić information content (AvgIpc) is 2.55. The molecule has 1 rings (SSSR count). The van der Waals surface area contributed by atoms with Crippen LogP contribution in [0.3, 0.4) is 0 Å². The van der Waals surface area contributed by atoms with Crippen LogP contribution in [0.15, 0.2) is 9.98 Å². The highest BCUT2D eigenvalue weighted by Gasteiger charge is 2.29. The largest absolute Gasteiger partial charge is 0.243 e. The molecule has 1 aliphatic rings. The van der Waals surface area contributed by atoms with E-state index < -0.39 is 0 Å². The van der Waals surface area contributed by atoms with Crippen LogP contribution in [0.4, 0.5) is 0 Å². The van der Waals surface area contributed by atoms with Gasteiger partial charge in [0, 0.05) is 0 Å². The smallest absolute Gasteiger partial charge is 0.0965 e. The second-order valence-corrected chi connectivity index (χ2v) is 4.54. The zero-order valence-electron chi connectivity index (χ0n) is 9.04. The van der Waals surface area contributed by atoms with Gasteiger partial charge in [-0.25, -0.2) is 0 Å². The Morgan fingerprint density at radius 1 is 1.31 bits per heavy atom. The third-order valence-corrected chi connectivity index (χ3v) is 2.74. The van der Waals surface area contributed by atoms with Crippen molar-refractivity contribution in [2.45, 2.75) is 40.5 Å². The zero-order chi connectivity index (χ0) is 9.90. The zero-order valence-corrected chi connectivity index (χ0v) is 9.04. The summed E-state index contributed by atoms with van der Waals surface area (Å²) in [6, 6.07) is 0. The number of rotatable bonds is 4. The van der Waals surface area contributed by atoms with Crippen molar-refractivity contribution in [1.29, 1.82) is 0 Å². The van der Waals surface area contributed by atoms with Crippen molar-refractivity contribution < 1.29 is 0 Å². The molecule has 0 saturated carbocycles. The summed E-state index contributed by atoms with van der Waals surface area (Å²) in [5.74, 6) is 0.477. The van der Waals surface area contributed by atoms with Gasteiger partial charge >= 0.3 is 0 Å². The summed E-state index contributed by atoms with van der Waals surface area (Å²) in [6.07, 6.45) is 6.89. The Hall–Kier alpha value is -0.790. The molecule has 0 spiro atoms. The van der Waals surface area contributed by atoms with Crippen LogP contribution in [0.2, 0.25) is 0 Å². The number of hydrogen-bond acceptors (Lipinski definition) is 2. The Morgan fingerprint density at radius 3 is 2.31 bits per heavy atom. The molecule has 0 radical (unpaired) electrons. The van der Waals surface area contributed by atoms with Crippen LogP contribution in [-0.4, -0.2) is 12.4 Å². The quantitative estimate of drug-likeness (QED) is 0.592. The van der Waals surface area contributed by atoms with E-state index in [-0.39, 0.29) is 0 Å². The molecule has 1 atom stereocenters. The van der Waals surface area contributed by atoms with Crippen LogP contribution in [0.25, 0.3) is 0 Å². The molecule has 0 fully saturated rings. The maximum Gasteiger partial charge on any atom is 0.243 e. The van der Waals surface area contributed by atoms with E-state index in [4.69, 9.17) is 0 Å². The fourth-order valence-corrected chi connectivity index (χ4v) is 1.57. The second-order valence-electron chi connectivity index (χ2n) is 4.54. The van der Waals surface area contributed by atoms with Crippen molar-refractivity contribution in [2.75, 3.05) is 0 Å². The lowest BCUT2D eigenvalue weighted by Crippen LogP contribution is -2.17. The minimum absolute atomic E-state index is 0.403. The molecule has 2 nitrogen and oxygen atoms in total. The first kappa shape index (κ1) is 10.3. The van der Waals surface area contributed by atoms with E-state index >= 15 is 0 Å². The van der Waals surface area contributed by atoms with Gasteiger partial charge in [-0.3, -0.25) is 0 Å². The summed E-state index contributed by atoms with van der Waals surface area (Å²) >= 11 is 0. The lowest BCUT2D eigenvalue weighted by molar-refractivity contribution is 0.271. The van der Waals surface area contributed by atoms with Crippen LogP contribution >= 0.6 is 0 Å². The van der Waals surface area contributed by atoms with Crippen molar-refractivity contribution in [3.8, 4) is 0 Å². The summed E-state index contributed by atoms with van der Waals surface area (Å²) in [5, 5.41) is 0. The molecule has 0 saturated heterocycles. The summed E-state index contributed by atoms with van der Waals surface area (Å²) in [4.78, 5) is 8.45. The molecule has 0 aliphatic carbocycles. The Bertz CT molecular complexity index is 204. The Labute approximate surface area is 81.2 Å². The van der Waals surface area contributed by atoms with Gasteiger partial charge in [-0.1, -0.05) is 37.2 Å². The lowest BCUT2D eigenvalue weighted by atomic mass is 9.80. The Kier molecular flexibility index (Phi) is 3.12. The first-order valence-electron chi connectivity index (χ1n) is 4.99. The molecule has 2 heteroatoms. The van der Waals surface area contributed by atoms with Crippen LogP contribution in [0.1, 0.15) is 40.5 Å². The van der Waals surface area contributed by atoms with Gasteiger partial charge in [-0.05, 0) is 18.8 Å². The molecule has 0 aromatic rings. The van der Waals surface area contributed by atoms with E-state index in [2.05, 4.69) is 37.7 Å². The summed E-state index contributed by atoms with van der Waals surface area (Å²) in [7, 11) is 0. The van der Waals surface area contributed by atoms with Crippen LogP contribution < -0.4 is 0 Å².